The van der Waals surface area contributed by atoms with Gasteiger partial charge < -0.3 is 10.2 Å². The average molecular weight is 224 g/mol. The predicted octanol–water partition coefficient (Wildman–Crippen LogP) is 1.78. The van der Waals surface area contributed by atoms with E-state index in [1.807, 2.05) is 0 Å². The lowest BCUT2D eigenvalue weighted by molar-refractivity contribution is -0.131. The van der Waals surface area contributed by atoms with Gasteiger partial charge in [-0.15, -0.1) is 0 Å². The molecule has 1 heterocycles. The van der Waals surface area contributed by atoms with Gasteiger partial charge in [-0.3, -0.25) is 4.79 Å². The molecule has 1 amide bonds. The molecule has 2 fully saturated rings. The minimum Gasteiger partial charge on any atom is -0.339 e. The number of carbonyl (C=O) groups excluding carboxylic acids is 1. The zero-order chi connectivity index (χ0) is 11.5. The number of hydrogen-bond acceptors (Lipinski definition) is 2. The van der Waals surface area contributed by atoms with Crippen LogP contribution in [-0.4, -0.2) is 36.0 Å². The molecule has 3 nitrogen and oxygen atoms in total. The summed E-state index contributed by atoms with van der Waals surface area (Å²) in [4.78, 5) is 14.2. The van der Waals surface area contributed by atoms with Crippen LogP contribution >= 0.6 is 0 Å². The monoisotopic (exact) mass is 224 g/mol. The first-order valence-corrected chi connectivity index (χ1v) is 6.76. The van der Waals surface area contributed by atoms with Crippen LogP contribution in [0.1, 0.15) is 46.0 Å². The summed E-state index contributed by atoms with van der Waals surface area (Å²) in [6.07, 6.45) is 6.06. The summed E-state index contributed by atoms with van der Waals surface area (Å²) in [5.74, 6) is 1.24. The molecule has 0 aromatic heterocycles. The summed E-state index contributed by atoms with van der Waals surface area (Å²) in [7, 11) is 0. The molecule has 1 saturated heterocycles. The number of nitrogens with one attached hydrogen (secondary N) is 1. The molecule has 0 radical (unpaired) electrons. The fourth-order valence-electron chi connectivity index (χ4n) is 2.61. The van der Waals surface area contributed by atoms with Crippen LogP contribution in [-0.2, 0) is 4.79 Å². The lowest BCUT2D eigenvalue weighted by Crippen LogP contribution is -2.42. The van der Waals surface area contributed by atoms with Gasteiger partial charge in [-0.2, -0.15) is 0 Å². The van der Waals surface area contributed by atoms with Crippen molar-refractivity contribution in [1.82, 2.24) is 10.2 Å². The second kappa shape index (κ2) is 5.17. The van der Waals surface area contributed by atoms with Gasteiger partial charge in [-0.1, -0.05) is 19.8 Å². The van der Waals surface area contributed by atoms with Gasteiger partial charge in [0.15, 0.2) is 0 Å². The number of rotatable bonds is 6. The van der Waals surface area contributed by atoms with Gasteiger partial charge in [0.05, 0.1) is 6.04 Å². The molecular weight excluding hydrogens is 200 g/mol. The van der Waals surface area contributed by atoms with Gasteiger partial charge in [-0.25, -0.2) is 0 Å². The maximum Gasteiger partial charge on any atom is 0.240 e. The van der Waals surface area contributed by atoms with E-state index >= 15 is 0 Å². The van der Waals surface area contributed by atoms with Crippen molar-refractivity contribution in [2.24, 2.45) is 5.92 Å². The third-order valence-electron chi connectivity index (χ3n) is 3.78. The normalized spacial score (nSPS) is 27.5. The molecule has 16 heavy (non-hydrogen) atoms. The second-order valence-electron chi connectivity index (χ2n) is 5.36. The van der Waals surface area contributed by atoms with Gasteiger partial charge in [0.25, 0.3) is 0 Å². The smallest absolute Gasteiger partial charge is 0.240 e. The Morgan fingerprint density at radius 1 is 1.44 bits per heavy atom. The van der Waals surface area contributed by atoms with E-state index in [9.17, 15) is 4.79 Å². The highest BCUT2D eigenvalue weighted by molar-refractivity contribution is 5.84. The van der Waals surface area contributed by atoms with Crippen molar-refractivity contribution in [2.75, 3.05) is 13.1 Å². The number of carbonyl (C=O) groups is 1. The molecule has 0 spiro atoms. The van der Waals surface area contributed by atoms with Crippen molar-refractivity contribution < 1.29 is 4.79 Å². The van der Waals surface area contributed by atoms with Crippen LogP contribution < -0.4 is 5.32 Å². The molecule has 2 aliphatic rings. The van der Waals surface area contributed by atoms with Gasteiger partial charge in [0, 0.05) is 12.6 Å². The Labute approximate surface area is 98.6 Å². The highest BCUT2D eigenvalue weighted by Crippen LogP contribution is 2.35. The molecule has 0 aromatic rings. The Balaban J connectivity index is 1.80. The topological polar surface area (TPSA) is 32.3 Å². The first kappa shape index (κ1) is 11.9. The highest BCUT2D eigenvalue weighted by Gasteiger charge is 2.35. The van der Waals surface area contributed by atoms with Crippen LogP contribution in [0.3, 0.4) is 0 Å². The minimum absolute atomic E-state index is 0.0987. The molecule has 0 bridgehead atoms. The molecule has 2 unspecified atom stereocenters. The molecule has 92 valence electrons. The van der Waals surface area contributed by atoms with E-state index in [2.05, 4.69) is 24.1 Å². The molecule has 3 heteroatoms. The summed E-state index contributed by atoms with van der Waals surface area (Å²) in [6, 6.07) is 0.551. The zero-order valence-electron chi connectivity index (χ0n) is 10.5. The van der Waals surface area contributed by atoms with Gasteiger partial charge in [0.1, 0.15) is 0 Å². The van der Waals surface area contributed by atoms with Gasteiger partial charge in [0.2, 0.25) is 5.91 Å². The van der Waals surface area contributed by atoms with Crippen LogP contribution in [0.2, 0.25) is 0 Å². The van der Waals surface area contributed by atoms with E-state index in [1.165, 1.54) is 19.3 Å². The first-order valence-electron chi connectivity index (χ1n) is 6.76. The fraction of sp³-hybridized carbons (Fsp3) is 0.923. The molecule has 1 N–H and O–H groups in total. The van der Waals surface area contributed by atoms with Gasteiger partial charge >= 0.3 is 0 Å². The summed E-state index contributed by atoms with van der Waals surface area (Å²) in [5.41, 5.74) is 0. The molecule has 1 aliphatic heterocycles. The Morgan fingerprint density at radius 3 is 2.81 bits per heavy atom. The second-order valence-corrected chi connectivity index (χ2v) is 5.36. The largest absolute Gasteiger partial charge is 0.339 e. The Hall–Kier alpha value is -0.570. The standard InChI is InChI=1S/C13H24N2O/c1-3-7-14-12-6-8-15(13(12)16)10(2)9-11-4-5-11/h10-12,14H,3-9H2,1-2H3. The van der Waals surface area contributed by atoms with Crippen molar-refractivity contribution in [2.45, 2.75) is 58.0 Å². The number of amides is 1. The Bertz CT molecular complexity index is 250. The van der Waals surface area contributed by atoms with Crippen molar-refractivity contribution in [3.63, 3.8) is 0 Å². The van der Waals surface area contributed by atoms with Crippen LogP contribution in [0.4, 0.5) is 0 Å². The molecule has 1 aliphatic carbocycles. The molecule has 2 rings (SSSR count). The molecule has 2 atom stereocenters. The molecular formula is C13H24N2O. The van der Waals surface area contributed by atoms with Crippen molar-refractivity contribution in [1.29, 1.82) is 0 Å². The number of nitrogens with zero attached hydrogens (tertiary/aromatic N) is 1. The maximum atomic E-state index is 12.1. The summed E-state index contributed by atoms with van der Waals surface area (Å²) in [6.45, 7) is 6.26. The van der Waals surface area contributed by atoms with Gasteiger partial charge in [-0.05, 0) is 38.6 Å². The van der Waals surface area contributed by atoms with Crippen LogP contribution in [0.15, 0.2) is 0 Å². The first-order chi connectivity index (χ1) is 7.72. The maximum absolute atomic E-state index is 12.1. The quantitative estimate of drug-likeness (QED) is 0.746. The van der Waals surface area contributed by atoms with Crippen LogP contribution in [0, 0.1) is 5.92 Å². The third kappa shape index (κ3) is 2.76. The van der Waals surface area contributed by atoms with E-state index in [-0.39, 0.29) is 6.04 Å². The van der Waals surface area contributed by atoms with E-state index < -0.39 is 0 Å². The fourth-order valence-corrected chi connectivity index (χ4v) is 2.61. The SMILES string of the molecule is CCCNC1CCN(C(C)CC2CC2)C1=O. The third-order valence-corrected chi connectivity index (χ3v) is 3.78. The Kier molecular flexibility index (Phi) is 3.85. The summed E-state index contributed by atoms with van der Waals surface area (Å²) in [5, 5.41) is 3.34. The van der Waals surface area contributed by atoms with Crippen LogP contribution in [0.25, 0.3) is 0 Å². The Morgan fingerprint density at radius 2 is 2.19 bits per heavy atom. The van der Waals surface area contributed by atoms with E-state index in [4.69, 9.17) is 0 Å². The van der Waals surface area contributed by atoms with E-state index in [1.54, 1.807) is 0 Å². The lowest BCUT2D eigenvalue weighted by Gasteiger charge is -2.24. The molecule has 0 aromatic carbocycles. The zero-order valence-corrected chi connectivity index (χ0v) is 10.5. The summed E-state index contributed by atoms with van der Waals surface area (Å²) < 4.78 is 0. The summed E-state index contributed by atoms with van der Waals surface area (Å²) >= 11 is 0. The lowest BCUT2D eigenvalue weighted by atomic mass is 10.1. The highest BCUT2D eigenvalue weighted by atomic mass is 16.2. The minimum atomic E-state index is 0.0987. The predicted molar refractivity (Wildman–Crippen MR) is 65.2 cm³/mol. The number of hydrogen-bond donors (Lipinski definition) is 1. The van der Waals surface area contributed by atoms with Crippen molar-refractivity contribution >= 4 is 5.91 Å². The number of likely N-dealkylation sites (tertiary alicyclic amines) is 1. The van der Waals surface area contributed by atoms with Crippen molar-refractivity contribution in [3.8, 4) is 0 Å². The average Bonchev–Trinajstić information content (AvgIpc) is 2.99. The van der Waals surface area contributed by atoms with Crippen molar-refractivity contribution in [3.05, 3.63) is 0 Å². The van der Waals surface area contributed by atoms with E-state index in [0.29, 0.717) is 11.9 Å². The molecule has 1 saturated carbocycles. The van der Waals surface area contributed by atoms with E-state index in [0.717, 1.165) is 31.8 Å². The van der Waals surface area contributed by atoms with Crippen LogP contribution in [0.5, 0.6) is 0 Å².